The average Bonchev–Trinajstić information content (AvgIpc) is 2.50. The molecule has 0 saturated carbocycles. The minimum absolute atomic E-state index is 0.0990. The largest absolute Gasteiger partial charge is 0.356 e. The summed E-state index contributed by atoms with van der Waals surface area (Å²) in [6, 6.07) is 8.13. The molecule has 0 unspecified atom stereocenters. The van der Waals surface area contributed by atoms with Crippen LogP contribution in [-0.2, 0) is 21.8 Å². The van der Waals surface area contributed by atoms with Crippen molar-refractivity contribution in [2.45, 2.75) is 58.2 Å². The highest BCUT2D eigenvalue weighted by atomic mass is 32.2. The first-order chi connectivity index (χ1) is 11.3. The third kappa shape index (κ3) is 10.4. The lowest BCUT2D eigenvalue weighted by Gasteiger charge is -2.20. The van der Waals surface area contributed by atoms with E-state index in [0.717, 1.165) is 30.5 Å². The normalized spacial score (nSPS) is 11.3. The van der Waals surface area contributed by atoms with E-state index in [1.165, 1.54) is 11.8 Å². The fourth-order valence-corrected chi connectivity index (χ4v) is 2.68. The van der Waals surface area contributed by atoms with Crippen LogP contribution in [0, 0.1) is 0 Å². The summed E-state index contributed by atoms with van der Waals surface area (Å²) in [4.78, 5) is 22.8. The maximum atomic E-state index is 11.8. The Hall–Kier alpha value is -1.33. The Labute approximate surface area is 150 Å². The van der Waals surface area contributed by atoms with E-state index in [4.69, 9.17) is 0 Å². The molecule has 1 rings (SSSR count). The molecule has 4 nitrogen and oxygen atoms in total. The lowest BCUT2D eigenvalue weighted by molar-refractivity contribution is -0.121. The summed E-state index contributed by atoms with van der Waals surface area (Å²) < 4.78 is 0. The SMILES string of the molecule is CC(=O)SCc1ccc(CCC(=O)NCCCNC(C)(C)C)cc1. The number of aryl methyl sites for hydroxylation is 1. The standard InChI is InChI=1S/C19H30N2O2S/c1-15(22)24-14-17-8-6-16(7-9-17)10-11-18(23)20-12-5-13-21-19(2,3)4/h6-9,21H,5,10-14H2,1-4H3,(H,20,23). The smallest absolute Gasteiger partial charge is 0.220 e. The number of hydrogen-bond donors (Lipinski definition) is 2. The van der Waals surface area contributed by atoms with Gasteiger partial charge in [-0.3, -0.25) is 9.59 Å². The second-order valence-corrected chi connectivity index (χ2v) is 8.13. The number of benzene rings is 1. The number of hydrogen-bond acceptors (Lipinski definition) is 4. The molecule has 0 atom stereocenters. The minimum atomic E-state index is 0.0990. The second kappa shape index (κ2) is 10.5. The van der Waals surface area contributed by atoms with Gasteiger partial charge in [-0.1, -0.05) is 36.0 Å². The quantitative estimate of drug-likeness (QED) is 0.671. The van der Waals surface area contributed by atoms with E-state index >= 15 is 0 Å². The summed E-state index contributed by atoms with van der Waals surface area (Å²) in [6.07, 6.45) is 2.19. The van der Waals surface area contributed by atoms with E-state index < -0.39 is 0 Å². The Morgan fingerprint density at radius 2 is 1.67 bits per heavy atom. The van der Waals surface area contributed by atoms with Crippen LogP contribution >= 0.6 is 11.8 Å². The van der Waals surface area contributed by atoms with Crippen LogP contribution in [0.2, 0.25) is 0 Å². The van der Waals surface area contributed by atoms with Gasteiger partial charge in [0.05, 0.1) is 0 Å². The average molecular weight is 351 g/mol. The van der Waals surface area contributed by atoms with Gasteiger partial charge in [0.2, 0.25) is 5.91 Å². The molecular formula is C19H30N2O2S. The Morgan fingerprint density at radius 1 is 1.04 bits per heavy atom. The van der Waals surface area contributed by atoms with Gasteiger partial charge in [-0.15, -0.1) is 0 Å². The van der Waals surface area contributed by atoms with E-state index in [1.807, 2.05) is 24.3 Å². The monoisotopic (exact) mass is 350 g/mol. The maximum absolute atomic E-state index is 11.8. The molecule has 1 aromatic rings. The van der Waals surface area contributed by atoms with Crippen molar-refractivity contribution in [1.29, 1.82) is 0 Å². The predicted octanol–water partition coefficient (Wildman–Crippen LogP) is 3.29. The van der Waals surface area contributed by atoms with Gasteiger partial charge in [0.25, 0.3) is 0 Å². The molecule has 0 heterocycles. The van der Waals surface area contributed by atoms with Crippen molar-refractivity contribution in [3.05, 3.63) is 35.4 Å². The summed E-state index contributed by atoms with van der Waals surface area (Å²) >= 11 is 1.31. The highest BCUT2D eigenvalue weighted by Crippen LogP contribution is 2.14. The number of carbonyl (C=O) groups excluding carboxylic acids is 2. The van der Waals surface area contributed by atoms with E-state index in [9.17, 15) is 9.59 Å². The highest BCUT2D eigenvalue weighted by molar-refractivity contribution is 8.12. The second-order valence-electron chi connectivity index (χ2n) is 6.98. The number of amides is 1. The first-order valence-electron chi connectivity index (χ1n) is 8.49. The van der Waals surface area contributed by atoms with E-state index in [2.05, 4.69) is 31.4 Å². The zero-order valence-corrected chi connectivity index (χ0v) is 16.1. The number of nitrogens with one attached hydrogen (secondary N) is 2. The lowest BCUT2D eigenvalue weighted by atomic mass is 10.1. The van der Waals surface area contributed by atoms with Crippen LogP contribution in [0.3, 0.4) is 0 Å². The van der Waals surface area contributed by atoms with Crippen molar-refractivity contribution in [2.75, 3.05) is 13.1 Å². The van der Waals surface area contributed by atoms with Gasteiger partial charge < -0.3 is 10.6 Å². The first kappa shape index (κ1) is 20.7. The molecule has 1 aromatic carbocycles. The Kier molecular flexibility index (Phi) is 9.08. The molecule has 134 valence electrons. The predicted molar refractivity (Wildman–Crippen MR) is 102 cm³/mol. The first-order valence-corrected chi connectivity index (χ1v) is 9.48. The van der Waals surface area contributed by atoms with Gasteiger partial charge in [0, 0.05) is 31.2 Å². The molecule has 0 spiro atoms. The molecule has 0 aliphatic rings. The van der Waals surface area contributed by atoms with Gasteiger partial charge in [-0.05, 0) is 51.3 Å². The topological polar surface area (TPSA) is 58.2 Å². The molecule has 0 saturated heterocycles. The highest BCUT2D eigenvalue weighted by Gasteiger charge is 2.07. The summed E-state index contributed by atoms with van der Waals surface area (Å²) in [5.41, 5.74) is 2.41. The van der Waals surface area contributed by atoms with Crippen LogP contribution in [0.15, 0.2) is 24.3 Å². The maximum Gasteiger partial charge on any atom is 0.220 e. The zero-order chi connectivity index (χ0) is 18.0. The number of carbonyl (C=O) groups is 2. The van der Waals surface area contributed by atoms with Crippen LogP contribution in [-0.4, -0.2) is 29.7 Å². The van der Waals surface area contributed by atoms with Crippen molar-refractivity contribution in [2.24, 2.45) is 0 Å². The molecular weight excluding hydrogens is 320 g/mol. The van der Waals surface area contributed by atoms with E-state index in [0.29, 0.717) is 18.7 Å². The fourth-order valence-electron chi connectivity index (χ4n) is 2.11. The van der Waals surface area contributed by atoms with Crippen LogP contribution in [0.25, 0.3) is 0 Å². The number of rotatable bonds is 9. The van der Waals surface area contributed by atoms with E-state index in [-0.39, 0.29) is 16.6 Å². The summed E-state index contributed by atoms with van der Waals surface area (Å²) in [7, 11) is 0. The van der Waals surface area contributed by atoms with Crippen molar-refractivity contribution in [1.82, 2.24) is 10.6 Å². The summed E-state index contributed by atoms with van der Waals surface area (Å²) in [5, 5.41) is 6.50. The van der Waals surface area contributed by atoms with Gasteiger partial charge in [-0.25, -0.2) is 0 Å². The third-order valence-corrected chi connectivity index (χ3v) is 4.32. The number of thioether (sulfide) groups is 1. The van der Waals surface area contributed by atoms with Gasteiger partial charge in [0.15, 0.2) is 5.12 Å². The summed E-state index contributed by atoms with van der Waals surface area (Å²) in [6.45, 7) is 9.60. The Bertz CT molecular complexity index is 521. The Balaban J connectivity index is 2.18. The van der Waals surface area contributed by atoms with Crippen LogP contribution in [0.4, 0.5) is 0 Å². The fraction of sp³-hybridized carbons (Fsp3) is 0.579. The van der Waals surface area contributed by atoms with Gasteiger partial charge in [0.1, 0.15) is 0 Å². The molecule has 5 heteroatoms. The summed E-state index contributed by atoms with van der Waals surface area (Å²) in [5.74, 6) is 0.806. The van der Waals surface area contributed by atoms with Gasteiger partial charge >= 0.3 is 0 Å². The minimum Gasteiger partial charge on any atom is -0.356 e. The molecule has 1 amide bonds. The van der Waals surface area contributed by atoms with Crippen LogP contribution in [0.5, 0.6) is 0 Å². The Morgan fingerprint density at radius 3 is 2.25 bits per heavy atom. The lowest BCUT2D eigenvalue weighted by Crippen LogP contribution is -2.37. The molecule has 0 bridgehead atoms. The molecule has 0 aromatic heterocycles. The molecule has 0 fully saturated rings. The molecule has 0 aliphatic heterocycles. The van der Waals surface area contributed by atoms with Crippen molar-refractivity contribution in [3.8, 4) is 0 Å². The van der Waals surface area contributed by atoms with Crippen molar-refractivity contribution >= 4 is 22.8 Å². The molecule has 0 aliphatic carbocycles. The van der Waals surface area contributed by atoms with Crippen molar-refractivity contribution in [3.63, 3.8) is 0 Å². The van der Waals surface area contributed by atoms with E-state index in [1.54, 1.807) is 6.92 Å². The van der Waals surface area contributed by atoms with Crippen LogP contribution in [0.1, 0.15) is 51.7 Å². The molecule has 0 radical (unpaired) electrons. The van der Waals surface area contributed by atoms with Gasteiger partial charge in [-0.2, -0.15) is 0 Å². The van der Waals surface area contributed by atoms with Crippen molar-refractivity contribution < 1.29 is 9.59 Å². The third-order valence-electron chi connectivity index (χ3n) is 3.44. The molecule has 24 heavy (non-hydrogen) atoms. The zero-order valence-electron chi connectivity index (χ0n) is 15.3. The molecule has 2 N–H and O–H groups in total. The van der Waals surface area contributed by atoms with Crippen LogP contribution < -0.4 is 10.6 Å².